The van der Waals surface area contributed by atoms with E-state index in [-0.39, 0.29) is 0 Å². The summed E-state index contributed by atoms with van der Waals surface area (Å²) >= 11 is 2.00. The first-order chi connectivity index (χ1) is 4.43. The molecular formula is C7H13NS. The van der Waals surface area contributed by atoms with Crippen LogP contribution in [-0.2, 0) is 0 Å². The van der Waals surface area contributed by atoms with Gasteiger partial charge in [0.05, 0.1) is 0 Å². The largest absolute Gasteiger partial charge is 0.310 e. The van der Waals surface area contributed by atoms with Crippen molar-refractivity contribution < 1.29 is 0 Å². The fourth-order valence-electron chi connectivity index (χ4n) is 0.865. The Balaban J connectivity index is 2.11. The molecule has 1 rings (SSSR count). The number of hydrogen-bond acceptors (Lipinski definition) is 2. The van der Waals surface area contributed by atoms with E-state index in [9.17, 15) is 0 Å². The Hall–Kier alpha value is 0.0500. The maximum absolute atomic E-state index is 3.28. The van der Waals surface area contributed by atoms with Gasteiger partial charge in [-0.15, -0.1) is 0 Å². The van der Waals surface area contributed by atoms with Gasteiger partial charge in [-0.05, 0) is 11.3 Å². The number of nitrogens with one attached hydrogen (secondary N) is 1. The lowest BCUT2D eigenvalue weighted by molar-refractivity contribution is 0.876. The molecule has 0 aromatic carbocycles. The summed E-state index contributed by atoms with van der Waals surface area (Å²) < 4.78 is 0. The number of rotatable bonds is 3. The van der Waals surface area contributed by atoms with Gasteiger partial charge in [-0.1, -0.05) is 13.0 Å². The summed E-state index contributed by atoms with van der Waals surface area (Å²) in [5.74, 6) is 2.46. The van der Waals surface area contributed by atoms with E-state index < -0.39 is 0 Å². The Bertz CT molecular complexity index is 109. The third-order valence-corrected chi connectivity index (χ3v) is 2.36. The van der Waals surface area contributed by atoms with Gasteiger partial charge in [0.1, 0.15) is 0 Å². The highest BCUT2D eigenvalue weighted by atomic mass is 32.2. The molecule has 9 heavy (non-hydrogen) atoms. The summed E-state index contributed by atoms with van der Waals surface area (Å²) in [6, 6.07) is 0. The molecule has 0 saturated heterocycles. The van der Waals surface area contributed by atoms with Crippen LogP contribution >= 0.6 is 11.8 Å². The lowest BCUT2D eigenvalue weighted by atomic mass is 10.3. The molecule has 1 N–H and O–H groups in total. The van der Waals surface area contributed by atoms with Gasteiger partial charge in [-0.25, -0.2) is 0 Å². The Labute approximate surface area is 60.9 Å². The van der Waals surface area contributed by atoms with Crippen molar-refractivity contribution in [2.45, 2.75) is 6.92 Å². The standard InChI is InChI=1S/C7H13NS/c1-2-9-6-7-3-4-8-5-7/h3,8H,2,4-6H2,1H3. The average Bonchev–Trinajstić information content (AvgIpc) is 2.34. The van der Waals surface area contributed by atoms with Crippen LogP contribution in [0.25, 0.3) is 0 Å². The molecule has 1 aliphatic rings. The zero-order chi connectivity index (χ0) is 6.53. The fourth-order valence-corrected chi connectivity index (χ4v) is 1.55. The van der Waals surface area contributed by atoms with Crippen molar-refractivity contribution in [3.05, 3.63) is 11.6 Å². The van der Waals surface area contributed by atoms with Gasteiger partial charge in [0, 0.05) is 18.8 Å². The van der Waals surface area contributed by atoms with Gasteiger partial charge in [0.2, 0.25) is 0 Å². The Morgan fingerprint density at radius 2 is 2.67 bits per heavy atom. The second kappa shape index (κ2) is 3.96. The second-order valence-corrected chi connectivity index (χ2v) is 3.40. The van der Waals surface area contributed by atoms with Crippen LogP contribution in [-0.4, -0.2) is 24.6 Å². The molecule has 0 aromatic heterocycles. The first kappa shape index (κ1) is 7.16. The highest BCUT2D eigenvalue weighted by molar-refractivity contribution is 7.99. The van der Waals surface area contributed by atoms with Crippen LogP contribution in [0.4, 0.5) is 0 Å². The molecule has 1 aliphatic heterocycles. The minimum atomic E-state index is 1.08. The summed E-state index contributed by atoms with van der Waals surface area (Å²) in [7, 11) is 0. The first-order valence-electron chi connectivity index (χ1n) is 3.40. The molecule has 0 aromatic rings. The highest BCUT2D eigenvalue weighted by Crippen LogP contribution is 2.08. The van der Waals surface area contributed by atoms with Crippen LogP contribution in [0.3, 0.4) is 0 Å². The van der Waals surface area contributed by atoms with Crippen LogP contribution in [0.5, 0.6) is 0 Å². The molecule has 0 spiro atoms. The molecule has 1 nitrogen and oxygen atoms in total. The Morgan fingerprint density at radius 1 is 1.78 bits per heavy atom. The molecule has 0 saturated carbocycles. The number of thioether (sulfide) groups is 1. The van der Waals surface area contributed by atoms with Gasteiger partial charge in [0.15, 0.2) is 0 Å². The molecule has 0 atom stereocenters. The molecule has 0 aliphatic carbocycles. The van der Waals surface area contributed by atoms with E-state index >= 15 is 0 Å². The zero-order valence-electron chi connectivity index (χ0n) is 5.81. The second-order valence-electron chi connectivity index (χ2n) is 2.13. The smallest absolute Gasteiger partial charge is 0.0176 e. The summed E-state index contributed by atoms with van der Waals surface area (Å²) in [6.45, 7) is 4.40. The molecule has 0 unspecified atom stereocenters. The normalized spacial score (nSPS) is 18.1. The molecule has 0 radical (unpaired) electrons. The van der Waals surface area contributed by atoms with Crippen molar-refractivity contribution in [2.24, 2.45) is 0 Å². The molecule has 0 amide bonds. The zero-order valence-corrected chi connectivity index (χ0v) is 6.63. The van der Waals surface area contributed by atoms with Crippen LogP contribution in [0.2, 0.25) is 0 Å². The molecule has 52 valence electrons. The molecular weight excluding hydrogens is 130 g/mol. The summed E-state index contributed by atoms with van der Waals surface area (Å²) in [5.41, 5.74) is 1.57. The monoisotopic (exact) mass is 143 g/mol. The van der Waals surface area contributed by atoms with Gasteiger partial charge >= 0.3 is 0 Å². The van der Waals surface area contributed by atoms with Crippen molar-refractivity contribution in [3.8, 4) is 0 Å². The third-order valence-electron chi connectivity index (χ3n) is 1.38. The quantitative estimate of drug-likeness (QED) is 0.597. The van der Waals surface area contributed by atoms with Gasteiger partial charge in [0.25, 0.3) is 0 Å². The maximum atomic E-state index is 3.28. The highest BCUT2D eigenvalue weighted by Gasteiger charge is 2.01. The van der Waals surface area contributed by atoms with Crippen LogP contribution in [0.15, 0.2) is 11.6 Å². The van der Waals surface area contributed by atoms with E-state index in [0.29, 0.717) is 0 Å². The van der Waals surface area contributed by atoms with Crippen LogP contribution in [0.1, 0.15) is 6.92 Å². The van der Waals surface area contributed by atoms with E-state index in [1.54, 1.807) is 5.57 Å². The van der Waals surface area contributed by atoms with Crippen molar-refractivity contribution >= 4 is 11.8 Å². The van der Waals surface area contributed by atoms with E-state index in [1.807, 2.05) is 11.8 Å². The van der Waals surface area contributed by atoms with Crippen molar-refractivity contribution in [1.29, 1.82) is 0 Å². The van der Waals surface area contributed by atoms with E-state index in [0.717, 1.165) is 13.1 Å². The van der Waals surface area contributed by atoms with Gasteiger partial charge in [-0.3, -0.25) is 0 Å². The van der Waals surface area contributed by atoms with E-state index in [2.05, 4.69) is 18.3 Å². The predicted molar refractivity (Wildman–Crippen MR) is 44.0 cm³/mol. The average molecular weight is 143 g/mol. The molecule has 1 heterocycles. The summed E-state index contributed by atoms with van der Waals surface area (Å²) in [4.78, 5) is 0. The van der Waals surface area contributed by atoms with Crippen LogP contribution < -0.4 is 5.32 Å². The first-order valence-corrected chi connectivity index (χ1v) is 4.55. The van der Waals surface area contributed by atoms with Gasteiger partial charge < -0.3 is 5.32 Å². The van der Waals surface area contributed by atoms with Crippen LogP contribution in [0, 0.1) is 0 Å². The van der Waals surface area contributed by atoms with Gasteiger partial charge in [-0.2, -0.15) is 11.8 Å². The fraction of sp³-hybridized carbons (Fsp3) is 0.714. The maximum Gasteiger partial charge on any atom is 0.0176 e. The third kappa shape index (κ3) is 2.41. The Morgan fingerprint density at radius 3 is 3.22 bits per heavy atom. The number of hydrogen-bond donors (Lipinski definition) is 1. The summed E-state index contributed by atoms with van der Waals surface area (Å²) in [6.07, 6.45) is 2.29. The lowest BCUT2D eigenvalue weighted by Crippen LogP contribution is -2.08. The predicted octanol–water partition coefficient (Wildman–Crippen LogP) is 1.27. The molecule has 2 heteroatoms. The van der Waals surface area contributed by atoms with E-state index in [1.165, 1.54) is 11.5 Å². The Kier molecular flexibility index (Phi) is 3.15. The SMILES string of the molecule is CCSCC1=CCNC1. The molecule has 0 bridgehead atoms. The minimum absolute atomic E-state index is 1.08. The summed E-state index contributed by atoms with van der Waals surface area (Å²) in [5, 5.41) is 3.28. The molecule has 0 fully saturated rings. The van der Waals surface area contributed by atoms with E-state index in [4.69, 9.17) is 0 Å². The van der Waals surface area contributed by atoms with Crippen molar-refractivity contribution in [1.82, 2.24) is 5.32 Å². The lowest BCUT2D eigenvalue weighted by Gasteiger charge is -1.97. The topological polar surface area (TPSA) is 12.0 Å². The van der Waals surface area contributed by atoms with Crippen molar-refractivity contribution in [3.63, 3.8) is 0 Å². The van der Waals surface area contributed by atoms with Crippen molar-refractivity contribution in [2.75, 3.05) is 24.6 Å². The minimum Gasteiger partial charge on any atom is -0.310 e.